The zero-order valence-corrected chi connectivity index (χ0v) is 10.6. The Kier molecular flexibility index (Phi) is 3.82. The summed E-state index contributed by atoms with van der Waals surface area (Å²) >= 11 is 0. The Morgan fingerprint density at radius 3 is 2.61 bits per heavy atom. The highest BCUT2D eigenvalue weighted by Gasteiger charge is 2.15. The maximum Gasteiger partial charge on any atom is 0.199 e. The maximum atomic E-state index is 7.86. The van der Waals surface area contributed by atoms with Crippen LogP contribution in [0.2, 0.25) is 0 Å². The van der Waals surface area contributed by atoms with Crippen molar-refractivity contribution < 1.29 is 0 Å². The van der Waals surface area contributed by atoms with Crippen LogP contribution in [-0.4, -0.2) is 29.9 Å². The van der Waals surface area contributed by atoms with Gasteiger partial charge in [-0.1, -0.05) is 12.1 Å². The minimum atomic E-state index is 0.137. The molecule has 0 aliphatic carbocycles. The van der Waals surface area contributed by atoms with Gasteiger partial charge >= 0.3 is 0 Å². The quantitative estimate of drug-likeness (QED) is 0.451. The lowest BCUT2D eigenvalue weighted by Gasteiger charge is -2.20. The number of anilines is 1. The fourth-order valence-electron chi connectivity index (χ4n) is 2.04. The predicted octanol–water partition coefficient (Wildman–Crippen LogP) is 1.96. The summed E-state index contributed by atoms with van der Waals surface area (Å²) in [6, 6.07) is 7.82. The molecule has 4 N–H and O–H groups in total. The summed E-state index contributed by atoms with van der Waals surface area (Å²) in [5.74, 6) is 0.440. The van der Waals surface area contributed by atoms with E-state index >= 15 is 0 Å². The van der Waals surface area contributed by atoms with Gasteiger partial charge in [-0.15, -0.1) is 0 Å². The van der Waals surface area contributed by atoms with Crippen LogP contribution in [0, 0.1) is 17.7 Å². The normalized spacial score (nSPS) is 14.4. The van der Waals surface area contributed by atoms with Gasteiger partial charge < -0.3 is 10.2 Å². The minimum absolute atomic E-state index is 0.137. The van der Waals surface area contributed by atoms with Crippen LogP contribution in [0.25, 0.3) is 0 Å². The lowest BCUT2D eigenvalue weighted by atomic mass is 10.2. The van der Waals surface area contributed by atoms with E-state index in [4.69, 9.17) is 10.8 Å². The van der Waals surface area contributed by atoms with Crippen molar-refractivity contribution in [2.45, 2.75) is 19.8 Å². The lowest BCUT2D eigenvalue weighted by Crippen LogP contribution is -2.44. The molecular formula is C13H19N5. The molecule has 0 amide bonds. The molecule has 1 aliphatic rings. The number of nitrogens with zero attached hydrogens (tertiary/aromatic N) is 1. The van der Waals surface area contributed by atoms with E-state index in [2.05, 4.69) is 10.6 Å². The molecule has 1 heterocycles. The molecule has 1 saturated heterocycles. The van der Waals surface area contributed by atoms with E-state index in [1.54, 1.807) is 0 Å². The molecule has 96 valence electrons. The number of guanidine groups is 2. The van der Waals surface area contributed by atoms with Gasteiger partial charge in [-0.05, 0) is 37.5 Å². The molecule has 1 aromatic rings. The van der Waals surface area contributed by atoms with Gasteiger partial charge in [-0.25, -0.2) is 0 Å². The van der Waals surface area contributed by atoms with E-state index in [0.717, 1.165) is 37.2 Å². The van der Waals surface area contributed by atoms with E-state index in [1.807, 2.05) is 36.1 Å². The zero-order valence-electron chi connectivity index (χ0n) is 10.6. The molecule has 5 nitrogen and oxygen atoms in total. The minimum Gasteiger partial charge on any atom is -0.343 e. The predicted molar refractivity (Wildman–Crippen MR) is 74.2 cm³/mol. The molecule has 18 heavy (non-hydrogen) atoms. The fraction of sp³-hybridized carbons (Fsp3) is 0.385. The molecule has 0 aromatic heterocycles. The third-order valence-electron chi connectivity index (χ3n) is 2.95. The Morgan fingerprint density at radius 1 is 1.22 bits per heavy atom. The second-order valence-corrected chi connectivity index (χ2v) is 4.54. The molecular weight excluding hydrogens is 226 g/mol. The summed E-state index contributed by atoms with van der Waals surface area (Å²) in [5.41, 5.74) is 2.00. The molecule has 1 aromatic carbocycles. The summed E-state index contributed by atoms with van der Waals surface area (Å²) in [5, 5.41) is 21.4. The molecule has 1 fully saturated rings. The van der Waals surface area contributed by atoms with Gasteiger partial charge in [0, 0.05) is 18.8 Å². The van der Waals surface area contributed by atoms with Crippen molar-refractivity contribution in [2.24, 2.45) is 0 Å². The second kappa shape index (κ2) is 5.53. The van der Waals surface area contributed by atoms with Crippen molar-refractivity contribution in [3.8, 4) is 0 Å². The van der Waals surface area contributed by atoms with Crippen LogP contribution in [0.5, 0.6) is 0 Å². The average molecular weight is 245 g/mol. The van der Waals surface area contributed by atoms with Gasteiger partial charge in [-0.3, -0.25) is 16.1 Å². The van der Waals surface area contributed by atoms with E-state index in [1.165, 1.54) is 0 Å². The average Bonchev–Trinajstić information content (AvgIpc) is 2.81. The molecule has 2 rings (SSSR count). The van der Waals surface area contributed by atoms with Crippen molar-refractivity contribution in [1.82, 2.24) is 10.2 Å². The summed E-state index contributed by atoms with van der Waals surface area (Å²) in [6.45, 7) is 3.82. The van der Waals surface area contributed by atoms with Gasteiger partial charge in [0.25, 0.3) is 0 Å². The van der Waals surface area contributed by atoms with Crippen LogP contribution in [0.15, 0.2) is 24.3 Å². The largest absolute Gasteiger partial charge is 0.343 e. The number of likely N-dealkylation sites (tertiary alicyclic amines) is 1. The first-order valence-corrected chi connectivity index (χ1v) is 6.18. The molecule has 0 radical (unpaired) electrons. The first kappa shape index (κ1) is 12.4. The fourth-order valence-corrected chi connectivity index (χ4v) is 2.04. The number of benzene rings is 1. The van der Waals surface area contributed by atoms with Crippen molar-refractivity contribution in [3.63, 3.8) is 0 Å². The van der Waals surface area contributed by atoms with E-state index in [-0.39, 0.29) is 5.96 Å². The highest BCUT2D eigenvalue weighted by molar-refractivity contribution is 6.02. The van der Waals surface area contributed by atoms with Crippen LogP contribution < -0.4 is 10.6 Å². The van der Waals surface area contributed by atoms with E-state index < -0.39 is 0 Å². The zero-order chi connectivity index (χ0) is 13.0. The number of hydrogen-bond donors (Lipinski definition) is 4. The molecule has 5 heteroatoms. The summed E-state index contributed by atoms with van der Waals surface area (Å²) in [7, 11) is 0. The summed E-state index contributed by atoms with van der Waals surface area (Å²) in [4.78, 5) is 1.95. The van der Waals surface area contributed by atoms with Crippen molar-refractivity contribution in [2.75, 3.05) is 18.4 Å². The first-order valence-electron chi connectivity index (χ1n) is 6.18. The Labute approximate surface area is 107 Å². The smallest absolute Gasteiger partial charge is 0.199 e. The van der Waals surface area contributed by atoms with Crippen LogP contribution in [0.3, 0.4) is 0 Å². The van der Waals surface area contributed by atoms with Crippen LogP contribution in [0.1, 0.15) is 18.4 Å². The second-order valence-electron chi connectivity index (χ2n) is 4.54. The first-order chi connectivity index (χ1) is 8.65. The van der Waals surface area contributed by atoms with Gasteiger partial charge in [-0.2, -0.15) is 0 Å². The van der Waals surface area contributed by atoms with Crippen molar-refractivity contribution >= 4 is 17.6 Å². The lowest BCUT2D eigenvalue weighted by molar-refractivity contribution is 0.502. The maximum absolute atomic E-state index is 7.86. The van der Waals surface area contributed by atoms with Gasteiger partial charge in [0.15, 0.2) is 11.9 Å². The van der Waals surface area contributed by atoms with Crippen LogP contribution in [-0.2, 0) is 0 Å². The van der Waals surface area contributed by atoms with Crippen molar-refractivity contribution in [1.29, 1.82) is 10.8 Å². The van der Waals surface area contributed by atoms with Crippen molar-refractivity contribution in [3.05, 3.63) is 29.8 Å². The topological polar surface area (TPSA) is 75.0 Å². The van der Waals surface area contributed by atoms with E-state index in [0.29, 0.717) is 5.96 Å². The van der Waals surface area contributed by atoms with Crippen LogP contribution >= 0.6 is 0 Å². The Balaban J connectivity index is 1.86. The summed E-state index contributed by atoms with van der Waals surface area (Å²) < 4.78 is 0. The number of nitrogens with one attached hydrogen (secondary N) is 4. The third kappa shape index (κ3) is 3.23. The summed E-state index contributed by atoms with van der Waals surface area (Å²) in [6.07, 6.45) is 2.26. The van der Waals surface area contributed by atoms with E-state index in [9.17, 15) is 0 Å². The Hall–Kier alpha value is -2.04. The molecule has 0 bridgehead atoms. The SMILES string of the molecule is Cc1cccc(NC(=N)NC(=N)N2CCCC2)c1. The molecule has 0 atom stereocenters. The highest BCUT2D eigenvalue weighted by atomic mass is 15.3. The molecule has 0 saturated carbocycles. The Morgan fingerprint density at radius 2 is 1.94 bits per heavy atom. The molecule has 0 unspecified atom stereocenters. The van der Waals surface area contributed by atoms with Crippen LogP contribution in [0.4, 0.5) is 5.69 Å². The monoisotopic (exact) mass is 245 g/mol. The van der Waals surface area contributed by atoms with Gasteiger partial charge in [0.2, 0.25) is 0 Å². The molecule has 1 aliphatic heterocycles. The Bertz CT molecular complexity index is 448. The highest BCUT2D eigenvalue weighted by Crippen LogP contribution is 2.09. The molecule has 0 spiro atoms. The standard InChI is InChI=1S/C13H19N5/c1-10-5-4-6-11(9-10)16-12(14)17-13(15)18-7-2-3-8-18/h4-6,9H,2-3,7-8H2,1H3,(H4,14,15,16,17). The number of hydrogen-bond acceptors (Lipinski definition) is 2. The number of aryl methyl sites for hydroxylation is 1. The van der Waals surface area contributed by atoms with Gasteiger partial charge in [0.05, 0.1) is 0 Å². The van der Waals surface area contributed by atoms with Gasteiger partial charge in [0.1, 0.15) is 0 Å². The number of rotatable bonds is 1. The third-order valence-corrected chi connectivity index (χ3v) is 2.95.